The number of ether oxygens (including phenoxy) is 1. The van der Waals surface area contributed by atoms with Gasteiger partial charge in [-0.25, -0.2) is 8.42 Å². The fraction of sp³-hybridized carbons (Fsp3) is 0.500. The van der Waals surface area contributed by atoms with E-state index in [0.29, 0.717) is 19.4 Å². The normalized spacial score (nSPS) is 20.2. The van der Waals surface area contributed by atoms with Crippen LogP contribution in [0.4, 0.5) is 0 Å². The lowest BCUT2D eigenvalue weighted by atomic mass is 10.0. The molecule has 0 spiro atoms. The Bertz CT molecular complexity index is 644. The van der Waals surface area contributed by atoms with E-state index in [9.17, 15) is 13.2 Å². The molecule has 1 heterocycles. The lowest BCUT2D eigenvalue weighted by Gasteiger charge is -2.30. The summed E-state index contributed by atoms with van der Waals surface area (Å²) < 4.78 is 31.4. The second kappa shape index (κ2) is 6.34. The molecule has 0 bridgehead atoms. The van der Waals surface area contributed by atoms with Crippen molar-refractivity contribution < 1.29 is 17.9 Å². The maximum atomic E-state index is 12.7. The Morgan fingerprint density at radius 3 is 2.76 bits per heavy atom. The van der Waals surface area contributed by atoms with Crippen LogP contribution in [0.2, 0.25) is 5.02 Å². The third kappa shape index (κ3) is 3.39. The Kier molecular flexibility index (Phi) is 4.91. The largest absolute Gasteiger partial charge is 0.469 e. The molecule has 0 saturated carbocycles. The van der Waals surface area contributed by atoms with Crippen molar-refractivity contribution >= 4 is 27.6 Å². The lowest BCUT2D eigenvalue weighted by molar-refractivity contribution is -0.146. The second-order valence-corrected chi connectivity index (χ2v) is 7.47. The molecular formula is C14H18ClNO4S. The summed E-state index contributed by atoms with van der Waals surface area (Å²) in [5.41, 5.74) is 0.894. The van der Waals surface area contributed by atoms with Crippen LogP contribution in [0, 0.1) is 12.8 Å². The van der Waals surface area contributed by atoms with E-state index in [2.05, 4.69) is 0 Å². The minimum atomic E-state index is -3.69. The molecule has 0 radical (unpaired) electrons. The predicted molar refractivity (Wildman–Crippen MR) is 79.7 cm³/mol. The molecule has 1 atom stereocenters. The van der Waals surface area contributed by atoms with E-state index in [1.165, 1.54) is 17.5 Å². The van der Waals surface area contributed by atoms with Crippen molar-refractivity contribution in [2.75, 3.05) is 20.2 Å². The third-order valence-electron chi connectivity index (χ3n) is 3.62. The Balaban J connectivity index is 2.28. The van der Waals surface area contributed by atoms with Gasteiger partial charge >= 0.3 is 5.97 Å². The van der Waals surface area contributed by atoms with Crippen LogP contribution < -0.4 is 0 Å². The van der Waals surface area contributed by atoms with Crippen LogP contribution in [-0.2, 0) is 19.6 Å². The topological polar surface area (TPSA) is 63.7 Å². The molecule has 1 saturated heterocycles. The van der Waals surface area contributed by atoms with Crippen molar-refractivity contribution in [2.45, 2.75) is 24.7 Å². The van der Waals surface area contributed by atoms with Gasteiger partial charge in [0.1, 0.15) is 4.90 Å². The first-order valence-corrected chi connectivity index (χ1v) is 8.52. The van der Waals surface area contributed by atoms with Gasteiger partial charge in [0.25, 0.3) is 0 Å². The summed E-state index contributed by atoms with van der Waals surface area (Å²) in [4.78, 5) is 11.7. The molecule has 0 aromatic heterocycles. The second-order valence-electron chi connectivity index (χ2n) is 5.16. The van der Waals surface area contributed by atoms with Crippen molar-refractivity contribution in [1.29, 1.82) is 0 Å². The number of hydrogen-bond donors (Lipinski definition) is 0. The van der Waals surface area contributed by atoms with Crippen molar-refractivity contribution in [3.05, 3.63) is 28.8 Å². The molecule has 1 aliphatic rings. The zero-order valence-electron chi connectivity index (χ0n) is 12.0. The first-order valence-electron chi connectivity index (χ1n) is 6.70. The Labute approximate surface area is 129 Å². The highest BCUT2D eigenvalue weighted by Gasteiger charge is 2.34. The number of carbonyl (C=O) groups excluding carboxylic acids is 1. The number of sulfonamides is 1. The van der Waals surface area contributed by atoms with Crippen LogP contribution in [0.3, 0.4) is 0 Å². The number of benzene rings is 1. The number of aryl methyl sites for hydroxylation is 1. The van der Waals surface area contributed by atoms with E-state index >= 15 is 0 Å². The van der Waals surface area contributed by atoms with Gasteiger partial charge in [-0.1, -0.05) is 17.7 Å². The number of methoxy groups -OCH3 is 1. The summed E-state index contributed by atoms with van der Waals surface area (Å²) in [7, 11) is -2.38. The van der Waals surface area contributed by atoms with Gasteiger partial charge in [-0.15, -0.1) is 0 Å². The molecule has 1 aromatic rings. The van der Waals surface area contributed by atoms with Crippen LogP contribution in [0.1, 0.15) is 18.4 Å². The van der Waals surface area contributed by atoms with E-state index in [4.69, 9.17) is 16.3 Å². The van der Waals surface area contributed by atoms with E-state index in [-0.39, 0.29) is 22.4 Å². The molecule has 1 aromatic carbocycles. The van der Waals surface area contributed by atoms with Crippen LogP contribution in [0.5, 0.6) is 0 Å². The number of halogens is 1. The maximum absolute atomic E-state index is 12.7. The van der Waals surface area contributed by atoms with Crippen molar-refractivity contribution in [3.8, 4) is 0 Å². The summed E-state index contributed by atoms with van der Waals surface area (Å²) in [6.45, 7) is 2.37. The van der Waals surface area contributed by atoms with Gasteiger partial charge in [-0.3, -0.25) is 4.79 Å². The van der Waals surface area contributed by atoms with Gasteiger partial charge in [0.2, 0.25) is 10.0 Å². The first-order chi connectivity index (χ1) is 9.86. The molecule has 0 aliphatic carbocycles. The first kappa shape index (κ1) is 16.3. The molecule has 2 rings (SSSR count). The van der Waals surface area contributed by atoms with Crippen molar-refractivity contribution in [3.63, 3.8) is 0 Å². The molecule has 116 valence electrons. The Hall–Kier alpha value is -1.11. The molecule has 0 N–H and O–H groups in total. The molecule has 1 aliphatic heterocycles. The van der Waals surface area contributed by atoms with E-state index < -0.39 is 15.9 Å². The maximum Gasteiger partial charge on any atom is 0.309 e. The fourth-order valence-corrected chi connectivity index (χ4v) is 4.57. The quantitative estimate of drug-likeness (QED) is 0.797. The van der Waals surface area contributed by atoms with Crippen LogP contribution >= 0.6 is 11.6 Å². The molecule has 5 nitrogen and oxygen atoms in total. The van der Waals surface area contributed by atoms with Crippen LogP contribution in [0.15, 0.2) is 23.1 Å². The van der Waals surface area contributed by atoms with E-state index in [1.54, 1.807) is 12.1 Å². The van der Waals surface area contributed by atoms with Gasteiger partial charge in [-0.2, -0.15) is 4.31 Å². The van der Waals surface area contributed by atoms with Gasteiger partial charge in [0, 0.05) is 13.1 Å². The Morgan fingerprint density at radius 1 is 1.43 bits per heavy atom. The lowest BCUT2D eigenvalue weighted by Crippen LogP contribution is -2.42. The zero-order valence-corrected chi connectivity index (χ0v) is 13.6. The smallest absolute Gasteiger partial charge is 0.309 e. The summed E-state index contributed by atoms with van der Waals surface area (Å²) in [5, 5.41) is 0.204. The number of hydrogen-bond acceptors (Lipinski definition) is 4. The SMILES string of the molecule is COC(=O)C1CCCN(S(=O)(=O)c2ccc(C)cc2Cl)C1. The highest BCUT2D eigenvalue weighted by Crippen LogP contribution is 2.29. The summed E-state index contributed by atoms with van der Waals surface area (Å²) >= 11 is 6.06. The average molecular weight is 332 g/mol. The Morgan fingerprint density at radius 2 is 2.14 bits per heavy atom. The number of esters is 1. The number of rotatable bonds is 3. The number of piperidine rings is 1. The summed E-state index contributed by atoms with van der Waals surface area (Å²) in [6, 6.07) is 4.84. The van der Waals surface area contributed by atoms with Crippen molar-refractivity contribution in [2.24, 2.45) is 5.92 Å². The minimum Gasteiger partial charge on any atom is -0.469 e. The highest BCUT2D eigenvalue weighted by atomic mass is 35.5. The predicted octanol–water partition coefficient (Wildman–Crippen LogP) is 2.22. The monoisotopic (exact) mass is 331 g/mol. The van der Waals surface area contributed by atoms with Crippen molar-refractivity contribution in [1.82, 2.24) is 4.31 Å². The molecule has 21 heavy (non-hydrogen) atoms. The molecule has 1 unspecified atom stereocenters. The number of nitrogens with zero attached hydrogens (tertiary/aromatic N) is 1. The standard InChI is InChI=1S/C14H18ClNO4S/c1-10-5-6-13(12(15)8-10)21(18,19)16-7-3-4-11(9-16)14(17)20-2/h5-6,8,11H,3-4,7,9H2,1-2H3. The molecule has 1 fully saturated rings. The average Bonchev–Trinajstić information content (AvgIpc) is 2.46. The third-order valence-corrected chi connectivity index (χ3v) is 5.97. The molecular weight excluding hydrogens is 314 g/mol. The van der Waals surface area contributed by atoms with Gasteiger partial charge < -0.3 is 4.74 Å². The fourth-order valence-electron chi connectivity index (χ4n) is 2.47. The van der Waals surface area contributed by atoms with E-state index in [0.717, 1.165) is 5.56 Å². The van der Waals surface area contributed by atoms with Gasteiger partial charge in [0.15, 0.2) is 0 Å². The van der Waals surface area contributed by atoms with Crippen LogP contribution in [0.25, 0.3) is 0 Å². The molecule has 7 heteroatoms. The van der Waals surface area contributed by atoms with Gasteiger partial charge in [0.05, 0.1) is 18.1 Å². The minimum absolute atomic E-state index is 0.0836. The highest BCUT2D eigenvalue weighted by molar-refractivity contribution is 7.89. The van der Waals surface area contributed by atoms with E-state index in [1.807, 2.05) is 6.92 Å². The summed E-state index contributed by atoms with van der Waals surface area (Å²) in [5.74, 6) is -0.785. The van der Waals surface area contributed by atoms with Gasteiger partial charge in [-0.05, 0) is 37.5 Å². The van der Waals surface area contributed by atoms with Crippen LogP contribution in [-0.4, -0.2) is 38.9 Å². The zero-order chi connectivity index (χ0) is 15.6. The molecule has 0 amide bonds. The number of carbonyl (C=O) groups is 1. The summed E-state index contributed by atoms with van der Waals surface area (Å²) in [6.07, 6.45) is 1.27.